The normalized spacial score (nSPS) is 20.0. The number of ether oxygens (including phenoxy) is 2. The Balaban J connectivity index is 2.27. The van der Waals surface area contributed by atoms with Crippen LogP contribution in [0.15, 0.2) is 22.7 Å². The highest BCUT2D eigenvalue weighted by Crippen LogP contribution is 2.34. The van der Waals surface area contributed by atoms with Gasteiger partial charge >= 0.3 is 0 Å². The maximum absolute atomic E-state index is 5.66. The number of hydrogen-bond acceptors (Lipinski definition) is 2. The molecule has 0 bridgehead atoms. The van der Waals surface area contributed by atoms with Crippen molar-refractivity contribution in [3.05, 3.63) is 22.7 Å². The molecule has 4 heteroatoms. The number of fused-ring (bicyclic) bond motifs is 1. The molecule has 0 aliphatic carbocycles. The van der Waals surface area contributed by atoms with E-state index in [4.69, 9.17) is 9.47 Å². The van der Waals surface area contributed by atoms with Crippen LogP contribution in [0.3, 0.4) is 0 Å². The minimum atomic E-state index is 0.113. The van der Waals surface area contributed by atoms with Gasteiger partial charge in [-0.1, -0.05) is 31.9 Å². The molecule has 2 nitrogen and oxygen atoms in total. The number of halogens is 2. The summed E-state index contributed by atoms with van der Waals surface area (Å²) in [7, 11) is 0. The molecule has 13 heavy (non-hydrogen) atoms. The third kappa shape index (κ3) is 1.99. The number of hydrogen-bond donors (Lipinski definition) is 0. The summed E-state index contributed by atoms with van der Waals surface area (Å²) in [5.74, 6) is 1.63. The summed E-state index contributed by atoms with van der Waals surface area (Å²) in [5.41, 5.74) is 0. The molecule has 0 fully saturated rings. The molecule has 1 heterocycles. The Kier molecular flexibility index (Phi) is 2.79. The minimum absolute atomic E-state index is 0.113. The van der Waals surface area contributed by atoms with Gasteiger partial charge in [0.15, 0.2) is 11.5 Å². The first-order valence-electron chi connectivity index (χ1n) is 3.94. The van der Waals surface area contributed by atoms with Gasteiger partial charge in [0.25, 0.3) is 0 Å². The second-order valence-corrected chi connectivity index (χ2v) is 4.36. The van der Waals surface area contributed by atoms with E-state index in [1.165, 1.54) is 0 Å². The second kappa shape index (κ2) is 3.88. The lowest BCUT2D eigenvalue weighted by atomic mass is 10.3. The molecule has 70 valence electrons. The van der Waals surface area contributed by atoms with Crippen molar-refractivity contribution in [2.75, 3.05) is 11.9 Å². The molecule has 2 rings (SSSR count). The van der Waals surface area contributed by atoms with Crippen LogP contribution in [-0.2, 0) is 0 Å². The van der Waals surface area contributed by atoms with Crippen molar-refractivity contribution in [3.63, 3.8) is 0 Å². The van der Waals surface area contributed by atoms with E-state index in [9.17, 15) is 0 Å². The highest BCUT2D eigenvalue weighted by atomic mass is 79.9. The second-order valence-electron chi connectivity index (χ2n) is 2.80. The highest BCUT2D eigenvalue weighted by molar-refractivity contribution is 9.10. The van der Waals surface area contributed by atoms with Crippen molar-refractivity contribution in [1.29, 1.82) is 0 Å². The van der Waals surface area contributed by atoms with Crippen LogP contribution in [0.25, 0.3) is 0 Å². The van der Waals surface area contributed by atoms with Crippen molar-refractivity contribution in [1.82, 2.24) is 0 Å². The molecule has 0 saturated carbocycles. The number of benzene rings is 1. The maximum Gasteiger partial charge on any atom is 0.162 e. The van der Waals surface area contributed by atoms with Crippen LogP contribution in [0, 0.1) is 0 Å². The van der Waals surface area contributed by atoms with E-state index in [1.54, 1.807) is 0 Å². The molecule has 0 N–H and O–H groups in total. The summed E-state index contributed by atoms with van der Waals surface area (Å²) in [6.07, 6.45) is 0.113. The Morgan fingerprint density at radius 1 is 1.38 bits per heavy atom. The molecular formula is C9H8Br2O2. The Hall–Kier alpha value is -0.220. The van der Waals surface area contributed by atoms with Gasteiger partial charge in [-0.3, -0.25) is 0 Å². The molecule has 1 aliphatic heterocycles. The van der Waals surface area contributed by atoms with E-state index in [1.807, 2.05) is 18.2 Å². The summed E-state index contributed by atoms with van der Waals surface area (Å²) in [5, 5.41) is 0.791. The predicted octanol–water partition coefficient (Wildman–Crippen LogP) is 2.98. The lowest BCUT2D eigenvalue weighted by Gasteiger charge is -2.25. The van der Waals surface area contributed by atoms with E-state index in [0.29, 0.717) is 6.61 Å². The molecule has 0 amide bonds. The van der Waals surface area contributed by atoms with Crippen LogP contribution in [0.5, 0.6) is 11.5 Å². The van der Waals surface area contributed by atoms with Crippen molar-refractivity contribution in [3.8, 4) is 11.5 Å². The lowest BCUT2D eigenvalue weighted by Crippen LogP contribution is -2.30. The number of rotatable bonds is 1. The zero-order valence-corrected chi connectivity index (χ0v) is 9.97. The van der Waals surface area contributed by atoms with Gasteiger partial charge in [0.1, 0.15) is 12.7 Å². The molecule has 0 spiro atoms. The Morgan fingerprint density at radius 3 is 3.00 bits per heavy atom. The van der Waals surface area contributed by atoms with Gasteiger partial charge in [0, 0.05) is 9.80 Å². The van der Waals surface area contributed by atoms with Crippen LogP contribution in [0.1, 0.15) is 0 Å². The van der Waals surface area contributed by atoms with Gasteiger partial charge in [-0.25, -0.2) is 0 Å². The van der Waals surface area contributed by atoms with Gasteiger partial charge in [-0.15, -0.1) is 0 Å². The van der Waals surface area contributed by atoms with Gasteiger partial charge in [-0.2, -0.15) is 0 Å². The fourth-order valence-electron chi connectivity index (χ4n) is 1.17. The van der Waals surface area contributed by atoms with Gasteiger partial charge in [0.05, 0.1) is 0 Å². The fourth-order valence-corrected chi connectivity index (χ4v) is 1.82. The smallest absolute Gasteiger partial charge is 0.162 e. The van der Waals surface area contributed by atoms with E-state index in [0.717, 1.165) is 21.3 Å². The largest absolute Gasteiger partial charge is 0.486 e. The summed E-state index contributed by atoms with van der Waals surface area (Å²) in [4.78, 5) is 0. The van der Waals surface area contributed by atoms with Crippen LogP contribution >= 0.6 is 31.9 Å². The van der Waals surface area contributed by atoms with Crippen molar-refractivity contribution < 1.29 is 9.47 Å². The summed E-state index contributed by atoms with van der Waals surface area (Å²) >= 11 is 6.75. The van der Waals surface area contributed by atoms with Crippen molar-refractivity contribution >= 4 is 31.9 Å². The minimum Gasteiger partial charge on any atom is -0.486 e. The lowest BCUT2D eigenvalue weighted by molar-refractivity contribution is 0.108. The van der Waals surface area contributed by atoms with Crippen LogP contribution in [0.2, 0.25) is 0 Å². The monoisotopic (exact) mass is 306 g/mol. The average molecular weight is 308 g/mol. The van der Waals surface area contributed by atoms with E-state index in [-0.39, 0.29) is 6.10 Å². The number of alkyl halides is 1. The molecule has 1 unspecified atom stereocenters. The molecule has 0 saturated heterocycles. The highest BCUT2D eigenvalue weighted by Gasteiger charge is 2.19. The zero-order valence-electron chi connectivity index (χ0n) is 6.80. The van der Waals surface area contributed by atoms with Crippen LogP contribution < -0.4 is 9.47 Å². The molecule has 0 radical (unpaired) electrons. The Labute approximate surface area is 93.5 Å². The predicted molar refractivity (Wildman–Crippen MR) is 57.8 cm³/mol. The van der Waals surface area contributed by atoms with Crippen molar-refractivity contribution in [2.24, 2.45) is 0 Å². The summed E-state index contributed by atoms with van der Waals surface area (Å²) < 4.78 is 12.2. The molecule has 1 aromatic carbocycles. The van der Waals surface area contributed by atoms with Crippen LogP contribution in [0.4, 0.5) is 0 Å². The third-order valence-corrected chi connectivity index (χ3v) is 3.01. The molecule has 0 aromatic heterocycles. The van der Waals surface area contributed by atoms with E-state index in [2.05, 4.69) is 31.9 Å². The molecular weight excluding hydrogens is 300 g/mol. The molecule has 1 atom stereocenters. The summed E-state index contributed by atoms with van der Waals surface area (Å²) in [6.45, 7) is 0.611. The topological polar surface area (TPSA) is 18.5 Å². The van der Waals surface area contributed by atoms with Gasteiger partial charge in [0.2, 0.25) is 0 Å². The first kappa shape index (κ1) is 9.34. The Bertz CT molecular complexity index is 314. The summed E-state index contributed by atoms with van der Waals surface area (Å²) in [6, 6.07) is 5.77. The van der Waals surface area contributed by atoms with Gasteiger partial charge < -0.3 is 9.47 Å². The van der Waals surface area contributed by atoms with E-state index < -0.39 is 0 Å². The van der Waals surface area contributed by atoms with E-state index >= 15 is 0 Å². The first-order chi connectivity index (χ1) is 6.29. The zero-order chi connectivity index (χ0) is 9.26. The first-order valence-corrected chi connectivity index (χ1v) is 5.86. The standard InChI is InChI=1S/C9H8Br2O2/c10-4-7-5-12-8-2-1-6(11)3-9(8)13-7/h1-3,7H,4-5H2. The maximum atomic E-state index is 5.66. The van der Waals surface area contributed by atoms with Crippen molar-refractivity contribution in [2.45, 2.75) is 6.10 Å². The SMILES string of the molecule is BrCC1COc2ccc(Br)cc2O1. The third-order valence-electron chi connectivity index (χ3n) is 1.80. The van der Waals surface area contributed by atoms with Gasteiger partial charge in [-0.05, 0) is 18.2 Å². The Morgan fingerprint density at radius 2 is 2.23 bits per heavy atom. The molecule has 1 aliphatic rings. The quantitative estimate of drug-likeness (QED) is 0.743. The average Bonchev–Trinajstić information content (AvgIpc) is 2.16. The fraction of sp³-hybridized carbons (Fsp3) is 0.333. The van der Waals surface area contributed by atoms with Crippen LogP contribution in [-0.4, -0.2) is 18.0 Å². The molecule has 1 aromatic rings.